The predicted octanol–water partition coefficient (Wildman–Crippen LogP) is 4.44. The maximum Gasteiger partial charge on any atom is 0.279 e. The number of rotatable bonds is 6. The van der Waals surface area contributed by atoms with Crippen molar-refractivity contribution in [1.82, 2.24) is 9.97 Å². The molecule has 0 radical (unpaired) electrons. The molecule has 4 aromatic rings. The molecule has 0 unspecified atom stereocenters. The van der Waals surface area contributed by atoms with Gasteiger partial charge in [0.05, 0.1) is 30.4 Å². The number of carbonyl (C=O) groups excluding carboxylic acids is 1. The van der Waals surface area contributed by atoms with Gasteiger partial charge in [-0.2, -0.15) is 0 Å². The summed E-state index contributed by atoms with van der Waals surface area (Å²) in [5, 5.41) is 12.1. The molecule has 1 amide bonds. The van der Waals surface area contributed by atoms with E-state index >= 15 is 0 Å². The highest BCUT2D eigenvalue weighted by atomic mass is 19.1. The highest BCUT2D eigenvalue weighted by Crippen LogP contribution is 2.34. The van der Waals surface area contributed by atoms with Crippen LogP contribution in [0.1, 0.15) is 16.1 Å². The van der Waals surface area contributed by atoms with Crippen molar-refractivity contribution in [2.75, 3.05) is 19.0 Å². The van der Waals surface area contributed by atoms with Crippen LogP contribution in [-0.2, 0) is 6.42 Å². The first-order valence-electron chi connectivity index (χ1n) is 10.4. The maximum atomic E-state index is 13.6. The van der Waals surface area contributed by atoms with Crippen LogP contribution < -0.4 is 14.8 Å². The first kappa shape index (κ1) is 21.5. The number of nitrogens with zero attached hydrogens (tertiary/aromatic N) is 3. The number of ether oxygens (including phenoxy) is 2. The minimum Gasteiger partial charge on any atom is -0.493 e. The first-order valence-corrected chi connectivity index (χ1v) is 10.4. The van der Waals surface area contributed by atoms with Gasteiger partial charge in [-0.05, 0) is 42.0 Å². The molecule has 0 saturated carbocycles. The van der Waals surface area contributed by atoms with Gasteiger partial charge in [0, 0.05) is 23.9 Å². The van der Waals surface area contributed by atoms with Crippen molar-refractivity contribution in [3.63, 3.8) is 0 Å². The van der Waals surface area contributed by atoms with Gasteiger partial charge >= 0.3 is 0 Å². The Balaban J connectivity index is 1.51. The van der Waals surface area contributed by atoms with E-state index in [2.05, 4.69) is 20.3 Å². The van der Waals surface area contributed by atoms with E-state index in [0.29, 0.717) is 34.5 Å². The summed E-state index contributed by atoms with van der Waals surface area (Å²) in [6.07, 6.45) is 0.577. The van der Waals surface area contributed by atoms with Crippen molar-refractivity contribution in [3.05, 3.63) is 77.7 Å². The second-order valence-electron chi connectivity index (χ2n) is 7.57. The Bertz CT molecular complexity index is 1450. The second-order valence-corrected chi connectivity index (χ2v) is 7.57. The molecule has 9 heteroatoms. The third kappa shape index (κ3) is 4.16. The lowest BCUT2D eigenvalue weighted by Gasteiger charge is -2.13. The molecule has 170 valence electrons. The van der Waals surface area contributed by atoms with Crippen LogP contribution >= 0.6 is 0 Å². The molecule has 34 heavy (non-hydrogen) atoms. The molecule has 0 spiro atoms. The van der Waals surface area contributed by atoms with Gasteiger partial charge in [0.25, 0.3) is 11.8 Å². The Morgan fingerprint density at radius 2 is 1.85 bits per heavy atom. The van der Waals surface area contributed by atoms with Crippen molar-refractivity contribution in [1.29, 1.82) is 0 Å². The highest BCUT2D eigenvalue weighted by molar-refractivity contribution is 6.06. The number of aliphatic hydroxyl groups excluding tert-OH is 1. The minimum absolute atomic E-state index is 0.0508. The van der Waals surface area contributed by atoms with Gasteiger partial charge in [-0.1, -0.05) is 18.2 Å². The first-order chi connectivity index (χ1) is 16.5. The predicted molar refractivity (Wildman–Crippen MR) is 125 cm³/mol. The zero-order chi connectivity index (χ0) is 23.7. The van der Waals surface area contributed by atoms with E-state index in [4.69, 9.17) is 9.47 Å². The van der Waals surface area contributed by atoms with Gasteiger partial charge in [0.1, 0.15) is 5.82 Å². The minimum atomic E-state index is -0.543. The molecule has 2 heterocycles. The quantitative estimate of drug-likeness (QED) is 0.442. The summed E-state index contributed by atoms with van der Waals surface area (Å²) in [7, 11) is 1.39. The van der Waals surface area contributed by atoms with Crippen LogP contribution in [0.4, 0.5) is 15.8 Å². The van der Waals surface area contributed by atoms with Gasteiger partial charge < -0.3 is 19.9 Å². The van der Waals surface area contributed by atoms with Crippen LogP contribution in [-0.4, -0.2) is 40.4 Å². The van der Waals surface area contributed by atoms with Gasteiger partial charge in [-0.3, -0.25) is 9.79 Å². The Morgan fingerprint density at radius 1 is 1.06 bits per heavy atom. The Kier molecular flexibility index (Phi) is 5.60. The number of fused-ring (bicyclic) bond motifs is 2. The fraction of sp³-hybridized carbons (Fsp3) is 0.120. The molecular weight excluding hydrogens is 439 g/mol. The lowest BCUT2D eigenvalue weighted by atomic mass is 10.1. The average Bonchev–Trinajstić information content (AvgIpc) is 3.27. The fourth-order valence-electron chi connectivity index (χ4n) is 3.64. The van der Waals surface area contributed by atoms with Crippen LogP contribution in [0.25, 0.3) is 11.0 Å². The van der Waals surface area contributed by atoms with Crippen LogP contribution in [0.2, 0.25) is 0 Å². The summed E-state index contributed by atoms with van der Waals surface area (Å²) in [6, 6.07) is 16.2. The average molecular weight is 458 g/mol. The van der Waals surface area contributed by atoms with Crippen molar-refractivity contribution >= 4 is 34.0 Å². The van der Waals surface area contributed by atoms with E-state index in [1.165, 1.54) is 25.3 Å². The normalized spacial score (nSPS) is 12.3. The van der Waals surface area contributed by atoms with Crippen molar-refractivity contribution < 1.29 is 23.8 Å². The number of amides is 1. The van der Waals surface area contributed by atoms with Crippen molar-refractivity contribution in [2.24, 2.45) is 4.99 Å². The van der Waals surface area contributed by atoms with Crippen LogP contribution in [0.5, 0.6) is 17.4 Å². The number of aliphatic hydroxyl groups is 1. The third-order valence-electron chi connectivity index (χ3n) is 5.28. The maximum absolute atomic E-state index is 13.6. The summed E-state index contributed by atoms with van der Waals surface area (Å²) < 4.78 is 24.7. The molecule has 0 fully saturated rings. The lowest BCUT2D eigenvalue weighted by molar-refractivity contribution is 0.101. The summed E-state index contributed by atoms with van der Waals surface area (Å²) in [5.41, 5.74) is 3.83. The summed E-state index contributed by atoms with van der Waals surface area (Å²) in [6.45, 7) is -0.114. The molecule has 0 saturated heterocycles. The molecule has 1 aliphatic heterocycles. The molecular formula is C25H19FN4O4. The summed E-state index contributed by atoms with van der Waals surface area (Å²) in [5.74, 6) is -0.750. The summed E-state index contributed by atoms with van der Waals surface area (Å²) in [4.78, 5) is 26.5. The number of methoxy groups -OCH3 is 1. The topological polar surface area (TPSA) is 106 Å². The van der Waals surface area contributed by atoms with E-state index in [-0.39, 0.29) is 29.7 Å². The molecule has 0 aliphatic carbocycles. The van der Waals surface area contributed by atoms with Crippen molar-refractivity contribution in [3.8, 4) is 17.4 Å². The molecule has 2 N–H and O–H groups in total. The summed E-state index contributed by atoms with van der Waals surface area (Å²) >= 11 is 0. The van der Waals surface area contributed by atoms with Crippen molar-refractivity contribution in [2.45, 2.75) is 6.42 Å². The standard InChI is InChI=1S/C25H19FN4O4/c1-33-22-11-15(26)7-9-21(22)34-25-23(29-18-4-2-3-5-19(18)30-25)24(32)28-16-8-6-14-10-17(13-31)27-20(14)12-16/h2-9,11-12,31H,10,13H2,1H3,(H,28,32). The number of para-hydroxylation sites is 2. The Hall–Kier alpha value is -4.37. The van der Waals surface area contributed by atoms with Crippen LogP contribution in [0, 0.1) is 5.82 Å². The van der Waals surface area contributed by atoms with Gasteiger partial charge in [0.15, 0.2) is 17.2 Å². The van der Waals surface area contributed by atoms with Gasteiger partial charge in [-0.25, -0.2) is 14.4 Å². The van der Waals surface area contributed by atoms with E-state index in [9.17, 15) is 14.3 Å². The van der Waals surface area contributed by atoms with Crippen LogP contribution in [0.3, 0.4) is 0 Å². The molecule has 1 aromatic heterocycles. The SMILES string of the molecule is COc1cc(F)ccc1Oc1nc2ccccc2nc1C(=O)Nc1ccc2c(c1)N=C(CO)C2. The zero-order valence-electron chi connectivity index (χ0n) is 18.1. The molecule has 5 rings (SSSR count). The number of anilines is 1. The molecule has 3 aromatic carbocycles. The molecule has 0 bridgehead atoms. The monoisotopic (exact) mass is 458 g/mol. The number of hydrogen-bond acceptors (Lipinski definition) is 7. The van der Waals surface area contributed by atoms with Crippen LogP contribution in [0.15, 0.2) is 65.7 Å². The number of hydrogen-bond donors (Lipinski definition) is 2. The smallest absolute Gasteiger partial charge is 0.279 e. The second kappa shape index (κ2) is 8.87. The van der Waals surface area contributed by atoms with E-state index < -0.39 is 11.7 Å². The number of aliphatic imine (C=N–C) groups is 1. The Morgan fingerprint density at radius 3 is 2.62 bits per heavy atom. The number of benzene rings is 3. The number of aromatic nitrogens is 2. The van der Waals surface area contributed by atoms with E-state index in [0.717, 1.165) is 5.56 Å². The molecule has 8 nitrogen and oxygen atoms in total. The Labute approximate surface area is 193 Å². The highest BCUT2D eigenvalue weighted by Gasteiger charge is 2.21. The van der Waals surface area contributed by atoms with E-state index in [1.54, 1.807) is 36.4 Å². The number of carbonyl (C=O) groups is 1. The largest absolute Gasteiger partial charge is 0.493 e. The van der Waals surface area contributed by atoms with E-state index in [1.807, 2.05) is 6.07 Å². The molecule has 0 atom stereocenters. The number of halogens is 1. The number of nitrogens with one attached hydrogen (secondary N) is 1. The van der Waals surface area contributed by atoms with Gasteiger partial charge in [-0.15, -0.1) is 0 Å². The zero-order valence-corrected chi connectivity index (χ0v) is 18.1. The lowest BCUT2D eigenvalue weighted by Crippen LogP contribution is -2.16. The third-order valence-corrected chi connectivity index (χ3v) is 5.28. The molecule has 1 aliphatic rings. The fourth-order valence-corrected chi connectivity index (χ4v) is 3.64. The van der Waals surface area contributed by atoms with Gasteiger partial charge in [0.2, 0.25) is 0 Å².